The maximum absolute atomic E-state index is 4.38. The van der Waals surface area contributed by atoms with Crippen molar-refractivity contribution in [1.82, 2.24) is 9.59 Å². The van der Waals surface area contributed by atoms with Crippen LogP contribution in [0.3, 0.4) is 0 Å². The summed E-state index contributed by atoms with van der Waals surface area (Å²) in [6.45, 7) is 4.27. The maximum atomic E-state index is 4.38. The topological polar surface area (TPSA) is 25.8 Å². The van der Waals surface area contributed by atoms with Crippen LogP contribution in [0.2, 0.25) is 0 Å². The molecule has 0 amide bonds. The van der Waals surface area contributed by atoms with Crippen LogP contribution < -0.4 is 0 Å². The lowest BCUT2D eigenvalue weighted by Crippen LogP contribution is -1.80. The van der Waals surface area contributed by atoms with E-state index >= 15 is 0 Å². The average molecular weight is 328 g/mol. The fourth-order valence-electron chi connectivity index (χ4n) is 2.42. The zero-order chi connectivity index (χ0) is 14.4. The van der Waals surface area contributed by atoms with Gasteiger partial charge >= 0.3 is 0 Å². The van der Waals surface area contributed by atoms with Crippen molar-refractivity contribution in [2.45, 2.75) is 13.8 Å². The molecule has 0 bridgehead atoms. The van der Waals surface area contributed by atoms with Crippen molar-refractivity contribution in [3.05, 3.63) is 46.2 Å². The Labute approximate surface area is 134 Å². The second-order valence-corrected chi connectivity index (χ2v) is 8.26. The van der Waals surface area contributed by atoms with Crippen LogP contribution in [0, 0.1) is 13.8 Å². The van der Waals surface area contributed by atoms with Crippen LogP contribution in [-0.2, 0) is 0 Å². The zero-order valence-electron chi connectivity index (χ0n) is 11.6. The van der Waals surface area contributed by atoms with Crippen molar-refractivity contribution in [2.75, 3.05) is 0 Å². The van der Waals surface area contributed by atoms with Crippen molar-refractivity contribution in [2.24, 2.45) is 0 Å². The molecule has 0 aliphatic rings. The Balaban J connectivity index is 1.96. The van der Waals surface area contributed by atoms with E-state index in [0.717, 1.165) is 5.52 Å². The summed E-state index contributed by atoms with van der Waals surface area (Å²) < 4.78 is 5.37. The molecule has 5 heteroatoms. The third-order valence-electron chi connectivity index (χ3n) is 3.42. The normalized spacial score (nSPS) is 11.3. The third-order valence-corrected chi connectivity index (χ3v) is 6.24. The Morgan fingerprint density at radius 1 is 0.762 bits per heavy atom. The highest BCUT2D eigenvalue weighted by Crippen LogP contribution is 2.40. The van der Waals surface area contributed by atoms with Gasteiger partial charge in [0.05, 0.1) is 4.70 Å². The fourth-order valence-corrected chi connectivity index (χ4v) is 4.99. The smallest absolute Gasteiger partial charge is 0.115 e. The van der Waals surface area contributed by atoms with Gasteiger partial charge in [-0.3, -0.25) is 0 Å². The minimum absolute atomic E-state index is 1.02. The Morgan fingerprint density at radius 2 is 1.38 bits per heavy atom. The van der Waals surface area contributed by atoms with E-state index in [0.29, 0.717) is 0 Å². The van der Waals surface area contributed by atoms with Gasteiger partial charge in [-0.2, -0.15) is 0 Å². The molecule has 21 heavy (non-hydrogen) atoms. The standard InChI is InChI=1S/C16H12N2S3/c1-9-3-7-13(19-9)11-5-6-12(14-8-4-10(2)20-14)16-15(11)17-18-21-16/h3-8H,1-2H3. The molecule has 0 N–H and O–H groups in total. The van der Waals surface area contributed by atoms with Gasteiger partial charge in [0.25, 0.3) is 0 Å². The highest BCUT2D eigenvalue weighted by atomic mass is 32.1. The minimum Gasteiger partial charge on any atom is -0.141 e. The third kappa shape index (κ3) is 2.21. The largest absolute Gasteiger partial charge is 0.141 e. The van der Waals surface area contributed by atoms with E-state index < -0.39 is 0 Å². The van der Waals surface area contributed by atoms with Crippen molar-refractivity contribution in [3.8, 4) is 20.9 Å². The summed E-state index contributed by atoms with van der Waals surface area (Å²) in [5, 5.41) is 4.38. The highest BCUT2D eigenvalue weighted by molar-refractivity contribution is 7.17. The van der Waals surface area contributed by atoms with Crippen LogP contribution in [0.25, 0.3) is 31.1 Å². The van der Waals surface area contributed by atoms with Crippen LogP contribution >= 0.6 is 34.2 Å². The van der Waals surface area contributed by atoms with Crippen LogP contribution in [0.1, 0.15) is 9.75 Å². The van der Waals surface area contributed by atoms with Crippen molar-refractivity contribution in [3.63, 3.8) is 0 Å². The molecule has 2 nitrogen and oxygen atoms in total. The quantitative estimate of drug-likeness (QED) is 0.467. The Bertz CT molecular complexity index is 856. The summed E-state index contributed by atoms with van der Waals surface area (Å²) in [5.41, 5.74) is 3.45. The number of nitrogens with zero attached hydrogens (tertiary/aromatic N) is 2. The summed E-state index contributed by atoms with van der Waals surface area (Å²) in [7, 11) is 0. The van der Waals surface area contributed by atoms with Gasteiger partial charge < -0.3 is 0 Å². The number of fused-ring (bicyclic) bond motifs is 1. The molecule has 3 heterocycles. The molecule has 3 aromatic heterocycles. The molecule has 0 saturated carbocycles. The lowest BCUT2D eigenvalue weighted by atomic mass is 10.1. The molecular weight excluding hydrogens is 316 g/mol. The van der Waals surface area contributed by atoms with Crippen molar-refractivity contribution < 1.29 is 0 Å². The SMILES string of the molecule is Cc1ccc(-c2ccc(-c3ccc(C)s3)c3snnc23)s1. The van der Waals surface area contributed by atoms with Gasteiger partial charge in [-0.15, -0.1) is 27.8 Å². The fraction of sp³-hybridized carbons (Fsp3) is 0.125. The minimum atomic E-state index is 1.02. The van der Waals surface area contributed by atoms with Crippen LogP contribution in [0.15, 0.2) is 36.4 Å². The number of aryl methyl sites for hydroxylation is 2. The number of benzene rings is 1. The molecule has 0 aliphatic carbocycles. The molecule has 104 valence electrons. The summed E-state index contributed by atoms with van der Waals surface area (Å²) in [5.74, 6) is 0. The van der Waals surface area contributed by atoms with Crippen molar-refractivity contribution in [1.29, 1.82) is 0 Å². The molecule has 0 unspecified atom stereocenters. The van der Waals surface area contributed by atoms with E-state index in [-0.39, 0.29) is 0 Å². The predicted molar refractivity (Wildman–Crippen MR) is 93.5 cm³/mol. The Kier molecular flexibility index (Phi) is 3.14. The second-order valence-electron chi connectivity index (χ2n) is 4.93. The van der Waals surface area contributed by atoms with E-state index in [1.165, 1.54) is 46.9 Å². The Morgan fingerprint density at radius 3 is 2.00 bits per heavy atom. The van der Waals surface area contributed by atoms with Gasteiger partial charge in [-0.05, 0) is 49.6 Å². The number of hydrogen-bond acceptors (Lipinski definition) is 5. The van der Waals surface area contributed by atoms with Gasteiger partial charge in [0.1, 0.15) is 5.52 Å². The number of aromatic nitrogens is 2. The van der Waals surface area contributed by atoms with E-state index in [1.807, 2.05) is 11.3 Å². The van der Waals surface area contributed by atoms with E-state index in [2.05, 4.69) is 59.8 Å². The molecule has 4 rings (SSSR count). The molecule has 0 aliphatic heterocycles. The lowest BCUT2D eigenvalue weighted by Gasteiger charge is -2.03. The molecule has 0 spiro atoms. The summed E-state index contributed by atoms with van der Waals surface area (Å²) >= 11 is 5.11. The first-order valence-electron chi connectivity index (χ1n) is 6.61. The molecule has 0 saturated heterocycles. The van der Waals surface area contributed by atoms with E-state index in [9.17, 15) is 0 Å². The lowest BCUT2D eigenvalue weighted by molar-refractivity contribution is 1.20. The molecule has 0 radical (unpaired) electrons. The summed E-state index contributed by atoms with van der Waals surface area (Å²) in [6.07, 6.45) is 0. The number of hydrogen-bond donors (Lipinski definition) is 0. The number of thiophene rings is 2. The van der Waals surface area contributed by atoms with Gasteiger partial charge in [-0.1, -0.05) is 16.6 Å². The van der Waals surface area contributed by atoms with Crippen LogP contribution in [0.5, 0.6) is 0 Å². The molecule has 4 aromatic rings. The second kappa shape index (κ2) is 5.02. The first-order valence-corrected chi connectivity index (χ1v) is 9.02. The monoisotopic (exact) mass is 328 g/mol. The summed E-state index contributed by atoms with van der Waals surface area (Å²) in [4.78, 5) is 5.20. The number of rotatable bonds is 2. The predicted octanol–water partition coefficient (Wildman–Crippen LogP) is 5.77. The van der Waals surface area contributed by atoms with Gasteiger partial charge in [0, 0.05) is 30.6 Å². The van der Waals surface area contributed by atoms with Crippen molar-refractivity contribution >= 4 is 44.4 Å². The molecule has 0 fully saturated rings. The first-order chi connectivity index (χ1) is 10.2. The van der Waals surface area contributed by atoms with Gasteiger partial charge in [0.2, 0.25) is 0 Å². The van der Waals surface area contributed by atoms with E-state index in [1.54, 1.807) is 11.3 Å². The zero-order valence-corrected chi connectivity index (χ0v) is 14.0. The molecule has 0 atom stereocenters. The van der Waals surface area contributed by atoms with E-state index in [4.69, 9.17) is 0 Å². The van der Waals surface area contributed by atoms with Gasteiger partial charge in [0.15, 0.2) is 0 Å². The first kappa shape index (κ1) is 13.1. The molecular formula is C16H12N2S3. The van der Waals surface area contributed by atoms with Gasteiger partial charge in [-0.25, -0.2) is 0 Å². The summed E-state index contributed by atoms with van der Waals surface area (Å²) in [6, 6.07) is 13.1. The highest BCUT2D eigenvalue weighted by Gasteiger charge is 2.14. The Hall–Kier alpha value is -1.56. The average Bonchev–Trinajstić information content (AvgIpc) is 3.18. The van der Waals surface area contributed by atoms with Crippen LogP contribution in [-0.4, -0.2) is 9.59 Å². The maximum Gasteiger partial charge on any atom is 0.115 e. The molecule has 1 aromatic carbocycles. The van der Waals surface area contributed by atoms with Crippen LogP contribution in [0.4, 0.5) is 0 Å².